The van der Waals surface area contributed by atoms with Gasteiger partial charge in [0.15, 0.2) is 0 Å². The van der Waals surface area contributed by atoms with E-state index in [0.717, 1.165) is 0 Å². The van der Waals surface area contributed by atoms with Crippen LogP contribution in [0.1, 0.15) is 75.3 Å². The van der Waals surface area contributed by atoms with Gasteiger partial charge in [-0.15, -0.1) is 0 Å². The number of benzene rings is 6. The van der Waals surface area contributed by atoms with Crippen molar-refractivity contribution in [1.82, 2.24) is 0 Å². The summed E-state index contributed by atoms with van der Waals surface area (Å²) in [6, 6.07) is 56.0. The number of anilines is 2. The molecule has 1 nitrogen and oxygen atoms in total. The van der Waals surface area contributed by atoms with Crippen LogP contribution in [0.3, 0.4) is 0 Å². The van der Waals surface area contributed by atoms with Gasteiger partial charge in [0, 0.05) is 23.3 Å². The number of hydrogen-bond acceptors (Lipinski definition) is 1. The van der Waals surface area contributed by atoms with E-state index in [1.54, 1.807) is 0 Å². The molecule has 1 saturated carbocycles. The van der Waals surface area contributed by atoms with E-state index >= 15 is 0 Å². The third kappa shape index (κ3) is 6.52. The molecule has 0 aromatic heterocycles. The highest BCUT2D eigenvalue weighted by atomic mass is 15.2. The molecule has 0 radical (unpaired) electrons. The lowest BCUT2D eigenvalue weighted by Crippen LogP contribution is -2.26. The Hall–Kier alpha value is -5.66. The van der Waals surface area contributed by atoms with Crippen molar-refractivity contribution in [2.24, 2.45) is 0 Å². The Morgan fingerprint density at radius 1 is 0.560 bits per heavy atom. The molecule has 8 rings (SSSR count). The van der Waals surface area contributed by atoms with Gasteiger partial charge in [0.05, 0.1) is 0 Å². The zero-order valence-corrected chi connectivity index (χ0v) is 29.0. The average molecular weight is 646 g/mol. The molecule has 2 atom stereocenters. The fourth-order valence-corrected chi connectivity index (χ4v) is 7.86. The first kappa shape index (κ1) is 31.6. The Kier molecular flexibility index (Phi) is 8.88. The lowest BCUT2D eigenvalue weighted by atomic mass is 9.92. The van der Waals surface area contributed by atoms with E-state index < -0.39 is 0 Å². The first-order chi connectivity index (χ1) is 24.6. The predicted octanol–water partition coefficient (Wildman–Crippen LogP) is 12.8. The van der Waals surface area contributed by atoms with Gasteiger partial charge in [-0.1, -0.05) is 163 Å². The van der Waals surface area contributed by atoms with Crippen LogP contribution in [0.4, 0.5) is 11.4 Å². The fraction of sp³-hybridized carbons (Fsp3) is 0.143. The number of hydrogen-bond donors (Lipinski definition) is 0. The molecule has 1 heteroatoms. The summed E-state index contributed by atoms with van der Waals surface area (Å²) in [7, 11) is 0. The normalized spacial score (nSPS) is 17.3. The summed E-state index contributed by atoms with van der Waals surface area (Å²) in [5, 5.41) is 0. The summed E-state index contributed by atoms with van der Waals surface area (Å²) in [6.07, 6.45) is 12.8. The standard InChI is InChI=1S/C49H43N/c1-35-19-26-41(27-20-35)44(39-12-5-3-6-13-39)16-9-11-37-23-30-43(31-24-37)50-48-18-10-17-45(48)47-34-38(25-32-49(47)50)33-46(40-14-7-4-8-15-40)42-28-21-36(2)22-29-42/h3-9,11-16,19-34,45,48H,10,17-18H2,1-2H3/b11-9+,44-16+,46-33+. The van der Waals surface area contributed by atoms with Crippen molar-refractivity contribution in [3.63, 3.8) is 0 Å². The summed E-state index contributed by atoms with van der Waals surface area (Å²) >= 11 is 0. The van der Waals surface area contributed by atoms with E-state index in [1.165, 1.54) is 91.9 Å². The number of allylic oxidation sites excluding steroid dienone is 2. The van der Waals surface area contributed by atoms with Crippen molar-refractivity contribution >= 4 is 34.7 Å². The van der Waals surface area contributed by atoms with Crippen LogP contribution in [0.2, 0.25) is 0 Å². The molecule has 1 aliphatic carbocycles. The largest absolute Gasteiger partial charge is 0.338 e. The summed E-state index contributed by atoms with van der Waals surface area (Å²) in [6.45, 7) is 4.29. The van der Waals surface area contributed by atoms with Crippen molar-refractivity contribution < 1.29 is 0 Å². The van der Waals surface area contributed by atoms with E-state index in [-0.39, 0.29) is 0 Å². The zero-order valence-electron chi connectivity index (χ0n) is 29.0. The molecule has 0 saturated heterocycles. The van der Waals surface area contributed by atoms with Crippen LogP contribution in [-0.2, 0) is 0 Å². The lowest BCUT2D eigenvalue weighted by Gasteiger charge is -2.27. The topological polar surface area (TPSA) is 3.24 Å². The fourth-order valence-electron chi connectivity index (χ4n) is 7.86. The Bertz CT molecular complexity index is 2170. The Balaban J connectivity index is 1.08. The third-order valence-electron chi connectivity index (χ3n) is 10.5. The quantitative estimate of drug-likeness (QED) is 0.118. The number of rotatable bonds is 8. The first-order valence-corrected chi connectivity index (χ1v) is 18.0. The summed E-state index contributed by atoms with van der Waals surface area (Å²) in [5.41, 5.74) is 16.6. The van der Waals surface area contributed by atoms with Crippen molar-refractivity contribution in [3.05, 3.63) is 214 Å². The second-order valence-electron chi connectivity index (χ2n) is 13.8. The van der Waals surface area contributed by atoms with Crippen LogP contribution >= 0.6 is 0 Å². The van der Waals surface area contributed by atoms with Crippen LogP contribution in [0, 0.1) is 13.8 Å². The maximum Gasteiger partial charge on any atom is 0.0450 e. The molecule has 2 unspecified atom stereocenters. The molecule has 2 aliphatic rings. The summed E-state index contributed by atoms with van der Waals surface area (Å²) in [5.74, 6) is 0.570. The van der Waals surface area contributed by atoms with Gasteiger partial charge in [-0.25, -0.2) is 0 Å². The SMILES string of the molecule is Cc1ccc(/C(=C/C=C/c2ccc(N3c4ccc(/C=C(\c5ccccc5)c5ccc(C)cc5)cc4C4CCCC43)cc2)c2ccccc2)cc1. The van der Waals surface area contributed by atoms with Crippen LogP contribution in [0.5, 0.6) is 0 Å². The second-order valence-corrected chi connectivity index (χ2v) is 13.8. The monoisotopic (exact) mass is 645 g/mol. The summed E-state index contributed by atoms with van der Waals surface area (Å²) in [4.78, 5) is 2.62. The molecule has 0 spiro atoms. The molecule has 6 aromatic rings. The van der Waals surface area contributed by atoms with Crippen LogP contribution in [0.15, 0.2) is 164 Å². The second kappa shape index (κ2) is 14.1. The van der Waals surface area contributed by atoms with Crippen molar-refractivity contribution in [1.29, 1.82) is 0 Å². The van der Waals surface area contributed by atoms with Crippen LogP contribution in [-0.4, -0.2) is 6.04 Å². The highest BCUT2D eigenvalue weighted by Gasteiger charge is 2.42. The van der Waals surface area contributed by atoms with Gasteiger partial charge in [0.2, 0.25) is 0 Å². The van der Waals surface area contributed by atoms with Crippen LogP contribution < -0.4 is 4.90 Å². The van der Waals surface area contributed by atoms with Gasteiger partial charge in [0.25, 0.3) is 0 Å². The molecular formula is C49H43N. The number of fused-ring (bicyclic) bond motifs is 3. The van der Waals surface area contributed by atoms with Gasteiger partial charge in [-0.05, 0) is 107 Å². The first-order valence-electron chi connectivity index (χ1n) is 18.0. The molecule has 1 fully saturated rings. The molecule has 1 aliphatic heterocycles. The minimum absolute atomic E-state index is 0.516. The molecule has 0 amide bonds. The minimum atomic E-state index is 0.516. The molecule has 50 heavy (non-hydrogen) atoms. The smallest absolute Gasteiger partial charge is 0.0450 e. The van der Waals surface area contributed by atoms with Crippen molar-refractivity contribution in [3.8, 4) is 0 Å². The van der Waals surface area contributed by atoms with E-state index in [9.17, 15) is 0 Å². The molecule has 244 valence electrons. The zero-order chi connectivity index (χ0) is 33.9. The predicted molar refractivity (Wildman–Crippen MR) is 214 cm³/mol. The summed E-state index contributed by atoms with van der Waals surface area (Å²) < 4.78 is 0. The average Bonchev–Trinajstić information content (AvgIpc) is 3.76. The number of aryl methyl sites for hydroxylation is 2. The Labute approximate surface area is 297 Å². The highest BCUT2D eigenvalue weighted by Crippen LogP contribution is 2.52. The molecule has 0 bridgehead atoms. The van der Waals surface area contributed by atoms with E-state index in [0.29, 0.717) is 12.0 Å². The van der Waals surface area contributed by atoms with Crippen LogP contribution in [0.25, 0.3) is 23.3 Å². The van der Waals surface area contributed by atoms with E-state index in [2.05, 4.69) is 195 Å². The minimum Gasteiger partial charge on any atom is -0.338 e. The molecular weight excluding hydrogens is 603 g/mol. The molecule has 0 N–H and O–H groups in total. The van der Waals surface area contributed by atoms with Crippen molar-refractivity contribution in [2.45, 2.75) is 45.1 Å². The maximum atomic E-state index is 2.62. The van der Waals surface area contributed by atoms with Gasteiger partial charge in [0.1, 0.15) is 0 Å². The lowest BCUT2D eigenvalue weighted by molar-refractivity contribution is 0.642. The molecule has 6 aromatic carbocycles. The van der Waals surface area contributed by atoms with E-state index in [1.807, 2.05) is 0 Å². The van der Waals surface area contributed by atoms with Gasteiger partial charge < -0.3 is 4.90 Å². The highest BCUT2D eigenvalue weighted by molar-refractivity contribution is 5.92. The van der Waals surface area contributed by atoms with Gasteiger partial charge >= 0.3 is 0 Å². The third-order valence-corrected chi connectivity index (χ3v) is 10.5. The maximum absolute atomic E-state index is 2.62. The van der Waals surface area contributed by atoms with E-state index in [4.69, 9.17) is 0 Å². The van der Waals surface area contributed by atoms with Crippen molar-refractivity contribution in [2.75, 3.05) is 4.90 Å². The van der Waals surface area contributed by atoms with Gasteiger partial charge in [-0.2, -0.15) is 0 Å². The molecule has 1 heterocycles. The Morgan fingerprint density at radius 2 is 1.12 bits per heavy atom. The Morgan fingerprint density at radius 3 is 1.76 bits per heavy atom. The number of nitrogens with zero attached hydrogens (tertiary/aromatic N) is 1. The van der Waals surface area contributed by atoms with Gasteiger partial charge in [-0.3, -0.25) is 0 Å².